The molecule has 1 aliphatic heterocycles. The number of aliphatic imine (C=N–C) groups is 1. The molecule has 0 amide bonds. The summed E-state index contributed by atoms with van der Waals surface area (Å²) in [4.78, 5) is 12.6. The fraction of sp³-hybridized carbons (Fsp3) is 0.750. The Kier molecular flexibility index (Phi) is 7.12. The predicted molar refractivity (Wildman–Crippen MR) is 94.5 cm³/mol. The van der Waals surface area contributed by atoms with E-state index in [1.165, 1.54) is 37.2 Å². The first-order chi connectivity index (χ1) is 10.7. The number of hydrogen-bond acceptors (Lipinski definition) is 4. The van der Waals surface area contributed by atoms with E-state index in [9.17, 15) is 0 Å². The molecule has 0 atom stereocenters. The molecule has 124 valence electrons. The van der Waals surface area contributed by atoms with Crippen LogP contribution in [-0.4, -0.2) is 49.1 Å². The highest BCUT2D eigenvalue weighted by atomic mass is 32.1. The van der Waals surface area contributed by atoms with Crippen LogP contribution in [0.2, 0.25) is 0 Å². The van der Waals surface area contributed by atoms with Crippen molar-refractivity contribution in [1.29, 1.82) is 0 Å². The summed E-state index contributed by atoms with van der Waals surface area (Å²) in [6, 6.07) is 0. The Hall–Kier alpha value is -1.14. The SMILES string of the molecule is CCNC(=NCc1ncc(C)s1)NCCC1CCN(C)CC1. The Morgan fingerprint density at radius 2 is 2.18 bits per heavy atom. The summed E-state index contributed by atoms with van der Waals surface area (Å²) in [7, 11) is 2.21. The van der Waals surface area contributed by atoms with Gasteiger partial charge in [0.15, 0.2) is 5.96 Å². The number of guanidine groups is 1. The van der Waals surface area contributed by atoms with Crippen molar-refractivity contribution in [3.8, 4) is 0 Å². The van der Waals surface area contributed by atoms with E-state index in [2.05, 4.69) is 46.4 Å². The van der Waals surface area contributed by atoms with Crippen molar-refractivity contribution in [1.82, 2.24) is 20.5 Å². The average molecular weight is 324 g/mol. The summed E-state index contributed by atoms with van der Waals surface area (Å²) in [5, 5.41) is 7.84. The Balaban J connectivity index is 1.73. The van der Waals surface area contributed by atoms with Crippen LogP contribution in [0.3, 0.4) is 0 Å². The Labute approximate surface area is 138 Å². The number of thiazole rings is 1. The molecular weight excluding hydrogens is 294 g/mol. The second-order valence-corrected chi connectivity index (χ2v) is 7.34. The van der Waals surface area contributed by atoms with Gasteiger partial charge in [0.2, 0.25) is 0 Å². The van der Waals surface area contributed by atoms with Crippen LogP contribution in [-0.2, 0) is 6.54 Å². The van der Waals surface area contributed by atoms with Crippen LogP contribution >= 0.6 is 11.3 Å². The number of likely N-dealkylation sites (tertiary alicyclic amines) is 1. The quantitative estimate of drug-likeness (QED) is 0.623. The summed E-state index contributed by atoms with van der Waals surface area (Å²) in [6.07, 6.45) is 5.79. The standard InChI is InChI=1S/C16H29N5S/c1-4-17-16(20-12-15-19-11-13(2)22-15)18-8-5-14-6-9-21(3)10-7-14/h11,14H,4-10,12H2,1-3H3,(H2,17,18,20). The van der Waals surface area contributed by atoms with Crippen molar-refractivity contribution in [2.75, 3.05) is 33.2 Å². The summed E-state index contributed by atoms with van der Waals surface area (Å²) < 4.78 is 0. The van der Waals surface area contributed by atoms with E-state index in [4.69, 9.17) is 0 Å². The minimum absolute atomic E-state index is 0.655. The van der Waals surface area contributed by atoms with E-state index in [-0.39, 0.29) is 0 Å². The van der Waals surface area contributed by atoms with Gasteiger partial charge in [-0.1, -0.05) is 0 Å². The molecule has 0 unspecified atom stereocenters. The number of piperidine rings is 1. The molecule has 1 aliphatic rings. The van der Waals surface area contributed by atoms with Crippen molar-refractivity contribution < 1.29 is 0 Å². The number of nitrogens with one attached hydrogen (secondary N) is 2. The average Bonchev–Trinajstić information content (AvgIpc) is 2.92. The van der Waals surface area contributed by atoms with E-state index in [1.807, 2.05) is 6.20 Å². The van der Waals surface area contributed by atoms with Gasteiger partial charge in [0.25, 0.3) is 0 Å². The lowest BCUT2D eigenvalue weighted by atomic mass is 9.94. The molecule has 6 heteroatoms. The van der Waals surface area contributed by atoms with Crippen LogP contribution in [0.15, 0.2) is 11.2 Å². The van der Waals surface area contributed by atoms with Crippen LogP contribution in [0, 0.1) is 12.8 Å². The lowest BCUT2D eigenvalue weighted by Crippen LogP contribution is -2.39. The monoisotopic (exact) mass is 323 g/mol. The highest BCUT2D eigenvalue weighted by Gasteiger charge is 2.16. The summed E-state index contributed by atoms with van der Waals surface area (Å²) in [6.45, 7) is 9.19. The maximum atomic E-state index is 4.63. The molecule has 2 heterocycles. The van der Waals surface area contributed by atoms with E-state index in [0.717, 1.165) is 30.0 Å². The lowest BCUT2D eigenvalue weighted by Gasteiger charge is -2.29. The topological polar surface area (TPSA) is 52.6 Å². The van der Waals surface area contributed by atoms with Gasteiger partial charge in [-0.3, -0.25) is 0 Å². The third-order valence-electron chi connectivity index (χ3n) is 4.07. The number of hydrogen-bond donors (Lipinski definition) is 2. The van der Waals surface area contributed by atoms with Crippen molar-refractivity contribution in [2.45, 2.75) is 39.7 Å². The fourth-order valence-corrected chi connectivity index (χ4v) is 3.42. The second-order valence-electron chi connectivity index (χ2n) is 6.02. The molecular formula is C16H29N5S. The zero-order valence-corrected chi connectivity index (χ0v) is 14.9. The van der Waals surface area contributed by atoms with E-state index in [1.54, 1.807) is 11.3 Å². The fourth-order valence-electron chi connectivity index (χ4n) is 2.71. The van der Waals surface area contributed by atoms with Gasteiger partial charge in [0, 0.05) is 24.2 Å². The summed E-state index contributed by atoms with van der Waals surface area (Å²) in [5.41, 5.74) is 0. The minimum Gasteiger partial charge on any atom is -0.357 e. The number of aromatic nitrogens is 1. The van der Waals surface area contributed by atoms with E-state index in [0.29, 0.717) is 6.54 Å². The Morgan fingerprint density at radius 3 is 2.82 bits per heavy atom. The number of aryl methyl sites for hydroxylation is 1. The van der Waals surface area contributed by atoms with E-state index >= 15 is 0 Å². The lowest BCUT2D eigenvalue weighted by molar-refractivity contribution is 0.213. The van der Waals surface area contributed by atoms with Crippen molar-refractivity contribution in [3.05, 3.63) is 16.1 Å². The first kappa shape index (κ1) is 17.2. The molecule has 0 radical (unpaired) electrons. The molecule has 1 saturated heterocycles. The maximum Gasteiger partial charge on any atom is 0.191 e. The van der Waals surface area contributed by atoms with Crippen molar-refractivity contribution in [2.24, 2.45) is 10.9 Å². The van der Waals surface area contributed by atoms with Crippen molar-refractivity contribution >= 4 is 17.3 Å². The van der Waals surface area contributed by atoms with E-state index < -0.39 is 0 Å². The summed E-state index contributed by atoms with van der Waals surface area (Å²) in [5.74, 6) is 1.76. The van der Waals surface area contributed by atoms with Gasteiger partial charge in [0.1, 0.15) is 5.01 Å². The van der Waals surface area contributed by atoms with Gasteiger partial charge >= 0.3 is 0 Å². The largest absolute Gasteiger partial charge is 0.357 e. The first-order valence-electron chi connectivity index (χ1n) is 8.29. The molecule has 0 aromatic carbocycles. The minimum atomic E-state index is 0.655. The van der Waals surface area contributed by atoms with Gasteiger partial charge < -0.3 is 15.5 Å². The normalized spacial score (nSPS) is 17.7. The van der Waals surface area contributed by atoms with Gasteiger partial charge in [0.05, 0.1) is 6.54 Å². The molecule has 22 heavy (non-hydrogen) atoms. The highest BCUT2D eigenvalue weighted by Crippen LogP contribution is 2.18. The second kappa shape index (κ2) is 9.10. The molecule has 2 N–H and O–H groups in total. The molecule has 0 spiro atoms. The zero-order valence-electron chi connectivity index (χ0n) is 14.1. The van der Waals surface area contributed by atoms with Gasteiger partial charge in [-0.2, -0.15) is 0 Å². The van der Waals surface area contributed by atoms with Crippen LogP contribution in [0.25, 0.3) is 0 Å². The Morgan fingerprint density at radius 1 is 1.41 bits per heavy atom. The van der Waals surface area contributed by atoms with Gasteiger partial charge in [-0.25, -0.2) is 9.98 Å². The Bertz CT molecular complexity index is 463. The third kappa shape index (κ3) is 5.93. The third-order valence-corrected chi connectivity index (χ3v) is 4.97. The molecule has 5 nitrogen and oxygen atoms in total. The number of rotatable bonds is 6. The molecule has 2 rings (SSSR count). The summed E-state index contributed by atoms with van der Waals surface area (Å²) >= 11 is 1.72. The molecule has 0 bridgehead atoms. The number of nitrogens with zero attached hydrogens (tertiary/aromatic N) is 3. The van der Waals surface area contributed by atoms with Crippen molar-refractivity contribution in [3.63, 3.8) is 0 Å². The van der Waals surface area contributed by atoms with Gasteiger partial charge in [-0.05, 0) is 59.2 Å². The molecule has 0 saturated carbocycles. The first-order valence-corrected chi connectivity index (χ1v) is 9.11. The molecule has 0 aliphatic carbocycles. The molecule has 1 aromatic rings. The van der Waals surface area contributed by atoms with Crippen LogP contribution in [0.4, 0.5) is 0 Å². The van der Waals surface area contributed by atoms with Gasteiger partial charge in [-0.15, -0.1) is 11.3 Å². The highest BCUT2D eigenvalue weighted by molar-refractivity contribution is 7.11. The van der Waals surface area contributed by atoms with Crippen LogP contribution in [0.5, 0.6) is 0 Å². The van der Waals surface area contributed by atoms with Crippen LogP contribution < -0.4 is 10.6 Å². The molecule has 1 fully saturated rings. The van der Waals surface area contributed by atoms with Crippen LogP contribution in [0.1, 0.15) is 36.1 Å². The maximum absolute atomic E-state index is 4.63. The smallest absolute Gasteiger partial charge is 0.191 e. The molecule has 1 aromatic heterocycles. The zero-order chi connectivity index (χ0) is 15.8. The predicted octanol–water partition coefficient (Wildman–Crippen LogP) is 2.24.